The molecule has 0 bridgehead atoms. The van der Waals surface area contributed by atoms with Crippen LogP contribution in [0.25, 0.3) is 0 Å². The van der Waals surface area contributed by atoms with E-state index in [0.717, 1.165) is 0 Å². The molecule has 0 unspecified atom stereocenters. The van der Waals surface area contributed by atoms with Gasteiger partial charge in [-0.2, -0.15) is 0 Å². The highest BCUT2D eigenvalue weighted by atomic mass is 32.2. The van der Waals surface area contributed by atoms with Crippen LogP contribution in [-0.4, -0.2) is 46.2 Å². The Morgan fingerprint density at radius 1 is 1.43 bits per heavy atom. The van der Waals surface area contributed by atoms with Gasteiger partial charge in [-0.25, -0.2) is 0 Å². The molecule has 0 aliphatic carbocycles. The van der Waals surface area contributed by atoms with E-state index in [-0.39, 0.29) is 24.2 Å². The average molecular weight is 312 g/mol. The molecule has 0 spiro atoms. The Morgan fingerprint density at radius 3 is 2.57 bits per heavy atom. The average Bonchev–Trinajstić information content (AvgIpc) is 2.46. The van der Waals surface area contributed by atoms with Crippen molar-refractivity contribution in [3.63, 3.8) is 0 Å². The van der Waals surface area contributed by atoms with Gasteiger partial charge in [-0.05, 0) is 25.3 Å². The Morgan fingerprint density at radius 2 is 2.10 bits per heavy atom. The first-order chi connectivity index (χ1) is 9.90. The van der Waals surface area contributed by atoms with E-state index >= 15 is 0 Å². The first kappa shape index (κ1) is 17.0. The number of carbonyl (C=O) groups is 2. The van der Waals surface area contributed by atoms with Gasteiger partial charge in [-0.1, -0.05) is 0 Å². The molecule has 114 valence electrons. The fourth-order valence-corrected chi connectivity index (χ4v) is 2.33. The van der Waals surface area contributed by atoms with E-state index in [9.17, 15) is 19.7 Å². The maximum Gasteiger partial charge on any atom is 0.305 e. The van der Waals surface area contributed by atoms with Crippen LogP contribution in [0, 0.1) is 10.1 Å². The van der Waals surface area contributed by atoms with Crippen LogP contribution in [0.3, 0.4) is 0 Å². The van der Waals surface area contributed by atoms with Gasteiger partial charge in [0.25, 0.3) is 11.6 Å². The molecule has 0 atom stereocenters. The minimum absolute atomic E-state index is 0.0722. The first-order valence-electron chi connectivity index (χ1n) is 6.24. The molecule has 1 aromatic rings. The number of thioether (sulfide) groups is 1. The van der Waals surface area contributed by atoms with E-state index in [2.05, 4.69) is 0 Å². The maximum absolute atomic E-state index is 12.3. The summed E-state index contributed by atoms with van der Waals surface area (Å²) in [6, 6.07) is 4.28. The van der Waals surface area contributed by atoms with Crippen molar-refractivity contribution in [1.82, 2.24) is 4.90 Å². The van der Waals surface area contributed by atoms with E-state index in [4.69, 9.17) is 5.11 Å². The van der Waals surface area contributed by atoms with Crippen LogP contribution in [0.4, 0.5) is 5.69 Å². The van der Waals surface area contributed by atoms with Gasteiger partial charge >= 0.3 is 5.97 Å². The molecule has 1 aromatic carbocycles. The number of aliphatic carboxylic acids is 1. The summed E-state index contributed by atoms with van der Waals surface area (Å²) in [6.45, 7) is 2.14. The van der Waals surface area contributed by atoms with E-state index in [1.54, 1.807) is 13.2 Å². The molecule has 1 amide bonds. The number of carboxylic acid groups (broad SMARTS) is 1. The Balaban J connectivity index is 3.02. The standard InChI is InChI=1S/C13H16N2O5S/c1-3-14(7-6-12(16)17)13(18)9-4-5-11(21-2)10(8-9)15(19)20/h4-5,8H,3,6-7H2,1-2H3,(H,16,17). The minimum Gasteiger partial charge on any atom is -0.481 e. The lowest BCUT2D eigenvalue weighted by molar-refractivity contribution is -0.387. The van der Waals surface area contributed by atoms with E-state index in [1.165, 1.54) is 34.9 Å². The number of benzene rings is 1. The number of rotatable bonds is 7. The van der Waals surface area contributed by atoms with Gasteiger partial charge in [0.1, 0.15) is 0 Å². The quantitative estimate of drug-likeness (QED) is 0.471. The number of carbonyl (C=O) groups excluding carboxylic acids is 1. The van der Waals surface area contributed by atoms with Gasteiger partial charge in [0.15, 0.2) is 0 Å². The smallest absolute Gasteiger partial charge is 0.305 e. The van der Waals surface area contributed by atoms with Crippen molar-refractivity contribution in [3.05, 3.63) is 33.9 Å². The minimum atomic E-state index is -0.995. The van der Waals surface area contributed by atoms with Crippen molar-refractivity contribution < 1.29 is 19.6 Å². The molecule has 0 aliphatic rings. The summed E-state index contributed by atoms with van der Waals surface area (Å²) < 4.78 is 0. The van der Waals surface area contributed by atoms with Crippen molar-refractivity contribution in [2.45, 2.75) is 18.2 Å². The zero-order valence-corrected chi connectivity index (χ0v) is 12.6. The lowest BCUT2D eigenvalue weighted by Gasteiger charge is -2.20. The SMILES string of the molecule is CCN(CCC(=O)O)C(=O)c1ccc(SC)c([N+](=O)[O-])c1. The van der Waals surface area contributed by atoms with Gasteiger partial charge in [0.2, 0.25) is 0 Å². The second-order valence-electron chi connectivity index (χ2n) is 4.17. The number of hydrogen-bond donors (Lipinski definition) is 1. The monoisotopic (exact) mass is 312 g/mol. The van der Waals surface area contributed by atoms with Gasteiger partial charge in [0.05, 0.1) is 16.2 Å². The molecular weight excluding hydrogens is 296 g/mol. The summed E-state index contributed by atoms with van der Waals surface area (Å²) in [5.74, 6) is -1.40. The van der Waals surface area contributed by atoms with Crippen LogP contribution < -0.4 is 0 Å². The van der Waals surface area contributed by atoms with Crippen molar-refractivity contribution >= 4 is 29.3 Å². The number of nitro benzene ring substituents is 1. The molecule has 0 aliphatic heterocycles. The number of hydrogen-bond acceptors (Lipinski definition) is 5. The molecule has 7 nitrogen and oxygen atoms in total. The topological polar surface area (TPSA) is 101 Å². The second-order valence-corrected chi connectivity index (χ2v) is 5.02. The predicted molar refractivity (Wildman–Crippen MR) is 78.7 cm³/mol. The number of nitro groups is 1. The highest BCUT2D eigenvalue weighted by Crippen LogP contribution is 2.28. The lowest BCUT2D eigenvalue weighted by atomic mass is 10.1. The van der Waals surface area contributed by atoms with Crippen molar-refractivity contribution in [2.75, 3.05) is 19.3 Å². The molecule has 1 rings (SSSR count). The van der Waals surface area contributed by atoms with E-state index in [0.29, 0.717) is 11.4 Å². The number of nitrogens with zero attached hydrogens (tertiary/aromatic N) is 2. The van der Waals surface area contributed by atoms with E-state index in [1.807, 2.05) is 0 Å². The zero-order chi connectivity index (χ0) is 16.0. The van der Waals surface area contributed by atoms with Crippen molar-refractivity contribution in [1.29, 1.82) is 0 Å². The van der Waals surface area contributed by atoms with Crippen molar-refractivity contribution in [2.24, 2.45) is 0 Å². The molecule has 0 saturated heterocycles. The summed E-state index contributed by atoms with van der Waals surface area (Å²) in [4.78, 5) is 35.1. The van der Waals surface area contributed by atoms with Crippen LogP contribution in [0.2, 0.25) is 0 Å². The summed E-state index contributed by atoms with van der Waals surface area (Å²) in [7, 11) is 0. The fourth-order valence-electron chi connectivity index (χ4n) is 1.78. The highest BCUT2D eigenvalue weighted by molar-refractivity contribution is 7.98. The Kier molecular flexibility index (Phi) is 6.16. The largest absolute Gasteiger partial charge is 0.481 e. The highest BCUT2D eigenvalue weighted by Gasteiger charge is 2.20. The molecule has 0 radical (unpaired) electrons. The normalized spacial score (nSPS) is 10.2. The number of amides is 1. The first-order valence-corrected chi connectivity index (χ1v) is 7.46. The number of carboxylic acids is 1. The Bertz CT molecular complexity index is 561. The van der Waals surface area contributed by atoms with Crippen LogP contribution >= 0.6 is 11.8 Å². The summed E-state index contributed by atoms with van der Waals surface area (Å²) >= 11 is 1.23. The van der Waals surface area contributed by atoms with Crippen LogP contribution in [-0.2, 0) is 4.79 Å². The van der Waals surface area contributed by atoms with Gasteiger partial charge < -0.3 is 10.0 Å². The van der Waals surface area contributed by atoms with Crippen LogP contribution in [0.15, 0.2) is 23.1 Å². The molecular formula is C13H16N2O5S. The molecule has 21 heavy (non-hydrogen) atoms. The maximum atomic E-state index is 12.3. The molecule has 0 saturated carbocycles. The molecule has 0 fully saturated rings. The van der Waals surface area contributed by atoms with Gasteiger partial charge in [-0.3, -0.25) is 19.7 Å². The van der Waals surface area contributed by atoms with Crippen molar-refractivity contribution in [3.8, 4) is 0 Å². The third-order valence-electron chi connectivity index (χ3n) is 2.89. The molecule has 0 heterocycles. The molecule has 0 aromatic heterocycles. The third kappa shape index (κ3) is 4.45. The summed E-state index contributed by atoms with van der Waals surface area (Å²) in [5.41, 5.74) is 0.0642. The van der Waals surface area contributed by atoms with Gasteiger partial charge in [0, 0.05) is 24.7 Å². The zero-order valence-electron chi connectivity index (χ0n) is 11.7. The Labute approximate surface area is 126 Å². The van der Waals surface area contributed by atoms with Gasteiger partial charge in [-0.15, -0.1) is 11.8 Å². The summed E-state index contributed by atoms with van der Waals surface area (Å²) in [5, 5.41) is 19.7. The predicted octanol–water partition coefficient (Wildman–Crippen LogP) is 2.25. The molecule has 1 N–H and O–H groups in total. The van der Waals surface area contributed by atoms with E-state index < -0.39 is 16.8 Å². The Hall–Kier alpha value is -2.09. The van der Waals surface area contributed by atoms with Crippen LogP contribution in [0.1, 0.15) is 23.7 Å². The lowest BCUT2D eigenvalue weighted by Crippen LogP contribution is -2.32. The second kappa shape index (κ2) is 7.63. The molecule has 8 heteroatoms. The third-order valence-corrected chi connectivity index (χ3v) is 3.67. The fraction of sp³-hybridized carbons (Fsp3) is 0.385. The summed E-state index contributed by atoms with van der Waals surface area (Å²) in [6.07, 6.45) is 1.56. The van der Waals surface area contributed by atoms with Crippen LogP contribution in [0.5, 0.6) is 0 Å².